The minimum Gasteiger partial charge on any atom is -0.373 e. The molecule has 1 heterocycles. The van der Waals surface area contributed by atoms with Gasteiger partial charge in [-0.15, -0.1) is 0 Å². The number of ketones is 1. The Balaban J connectivity index is 1.84. The number of carbonyl (C=O) groups is 5. The Morgan fingerprint density at radius 3 is 2.16 bits per heavy atom. The van der Waals surface area contributed by atoms with Crippen LogP contribution >= 0.6 is 0 Å². The molecule has 45 heavy (non-hydrogen) atoms. The summed E-state index contributed by atoms with van der Waals surface area (Å²) in [5, 5.41) is 9.70. The quantitative estimate of drug-likeness (QED) is 0.115. The topological polar surface area (TPSA) is 160 Å². The van der Waals surface area contributed by atoms with Gasteiger partial charge in [0.05, 0.1) is 24.3 Å². The van der Waals surface area contributed by atoms with Gasteiger partial charge in [0.1, 0.15) is 17.9 Å². The first-order chi connectivity index (χ1) is 20.9. The van der Waals surface area contributed by atoms with Gasteiger partial charge in [-0.2, -0.15) is 0 Å². The Morgan fingerprint density at radius 1 is 1.04 bits per heavy atom. The summed E-state index contributed by atoms with van der Waals surface area (Å²) >= 11 is 0. The van der Waals surface area contributed by atoms with E-state index in [1.807, 2.05) is 48.5 Å². The first kappa shape index (κ1) is 37.1. The Labute approximate surface area is 269 Å². The number of likely N-dealkylation sites (tertiary alicyclic amines) is 1. The van der Waals surface area contributed by atoms with Crippen molar-refractivity contribution in [2.24, 2.45) is 28.4 Å². The second-order valence-electron chi connectivity index (χ2n) is 16.0. The highest BCUT2D eigenvalue weighted by Crippen LogP contribution is 2.42. The van der Waals surface area contributed by atoms with Crippen LogP contribution in [0.5, 0.6) is 0 Å². The summed E-state index contributed by atoms with van der Waals surface area (Å²) in [5.41, 5.74) is 3.05. The van der Waals surface area contributed by atoms with Crippen molar-refractivity contribution in [1.29, 1.82) is 0 Å². The largest absolute Gasteiger partial charge is 0.373 e. The zero-order valence-electron chi connectivity index (χ0n) is 28.9. The molecule has 2 saturated carbocycles. The van der Waals surface area contributed by atoms with Gasteiger partial charge in [-0.25, -0.2) is 0 Å². The Morgan fingerprint density at radius 2 is 1.67 bits per heavy atom. The fraction of sp³-hybridized carbons (Fsp3) is 0.853. The highest BCUT2D eigenvalue weighted by molar-refractivity contribution is 6.37. The van der Waals surface area contributed by atoms with Crippen molar-refractivity contribution in [3.63, 3.8) is 0 Å². The van der Waals surface area contributed by atoms with Crippen molar-refractivity contribution < 1.29 is 28.7 Å². The maximum atomic E-state index is 14.5. The molecule has 1 unspecified atom stereocenters. The lowest BCUT2D eigenvalue weighted by atomic mass is 9.74. The van der Waals surface area contributed by atoms with Crippen LogP contribution in [-0.4, -0.2) is 83.8 Å². The average molecular weight is 634 g/mol. The molecule has 5 atom stereocenters. The Hall–Kier alpha value is -2.37. The number of ether oxygens (including phenoxy) is 1. The van der Waals surface area contributed by atoms with Crippen molar-refractivity contribution >= 4 is 29.8 Å². The molecule has 1 saturated heterocycles. The van der Waals surface area contributed by atoms with E-state index in [4.69, 9.17) is 10.5 Å². The van der Waals surface area contributed by atoms with Crippen LogP contribution in [0, 0.1) is 22.7 Å². The zero-order chi connectivity index (χ0) is 33.8. The molecule has 0 spiro atoms. The van der Waals surface area contributed by atoms with Gasteiger partial charge < -0.3 is 25.5 Å². The zero-order valence-corrected chi connectivity index (χ0v) is 28.9. The molecular formula is C34H59N5O6. The minimum absolute atomic E-state index is 0.0764. The molecular weight excluding hydrogens is 574 g/mol. The molecule has 5 N–H and O–H groups in total. The van der Waals surface area contributed by atoms with Gasteiger partial charge in [0, 0.05) is 13.2 Å². The molecule has 11 nitrogen and oxygen atoms in total. The molecule has 3 amide bonds. The molecule has 0 aromatic carbocycles. The standard InChI is InChI=1S/C34H59N5O6/c1-9-23-14-17-39(25(23)29(43)38-24(18-22-12-13-22)26(41)28(35)42)30(44)27(33(8)15-10-11-16-33)36-21-37-34(19-40,31(2,3)4)20-45-32(5,6)7/h19,22-25,27,36-37H,9-18,20-21H2,1-8H3,(H2,35,42)(H,38,43)/t23-,24?,25-,27+,34-/m0/s1. The van der Waals surface area contributed by atoms with Crippen LogP contribution in [0.3, 0.4) is 0 Å². The van der Waals surface area contributed by atoms with E-state index in [-0.39, 0.29) is 36.4 Å². The van der Waals surface area contributed by atoms with E-state index >= 15 is 0 Å². The summed E-state index contributed by atoms with van der Waals surface area (Å²) in [6.45, 7) is 16.7. The molecule has 256 valence electrons. The minimum atomic E-state index is -1.06. The van der Waals surface area contributed by atoms with Crippen LogP contribution in [-0.2, 0) is 28.7 Å². The first-order valence-corrected chi connectivity index (χ1v) is 16.9. The molecule has 0 radical (unpaired) electrons. The predicted molar refractivity (Wildman–Crippen MR) is 173 cm³/mol. The number of amides is 3. The number of Topliss-reactive ketones (excluding diaryl/α,β-unsaturated/α-hetero) is 1. The van der Waals surface area contributed by atoms with E-state index in [2.05, 4.69) is 22.9 Å². The highest BCUT2D eigenvalue weighted by atomic mass is 16.5. The van der Waals surface area contributed by atoms with Gasteiger partial charge in [0.25, 0.3) is 5.91 Å². The lowest BCUT2D eigenvalue weighted by molar-refractivity contribution is -0.145. The number of rotatable bonds is 16. The lowest BCUT2D eigenvalue weighted by Crippen LogP contribution is -2.65. The second-order valence-corrected chi connectivity index (χ2v) is 16.0. The van der Waals surface area contributed by atoms with E-state index in [0.717, 1.165) is 44.8 Å². The third kappa shape index (κ3) is 9.13. The molecule has 2 aliphatic carbocycles. The summed E-state index contributed by atoms with van der Waals surface area (Å²) in [6.07, 6.45) is 8.29. The van der Waals surface area contributed by atoms with Gasteiger partial charge >= 0.3 is 0 Å². The second kappa shape index (κ2) is 14.6. The molecule has 3 aliphatic rings. The molecule has 1 aliphatic heterocycles. The molecule has 0 bridgehead atoms. The number of aldehydes is 1. The SMILES string of the molecule is CC[C@H]1CCN(C(=O)[C@@H](NCN[C@@](C=O)(COC(C)(C)C)C(C)(C)C)C2(C)CCCC2)[C@@H]1C(=O)NC(CC1CC1)C(=O)C(N)=O. The van der Waals surface area contributed by atoms with Gasteiger partial charge in [0.2, 0.25) is 17.6 Å². The number of nitrogens with zero attached hydrogens (tertiary/aromatic N) is 1. The summed E-state index contributed by atoms with van der Waals surface area (Å²) in [4.78, 5) is 67.1. The Bertz CT molecular complexity index is 1090. The van der Waals surface area contributed by atoms with E-state index < -0.39 is 52.3 Å². The summed E-state index contributed by atoms with van der Waals surface area (Å²) in [5.74, 6) is -2.22. The number of primary amides is 1. The van der Waals surface area contributed by atoms with Gasteiger partial charge in [-0.05, 0) is 69.1 Å². The average Bonchev–Trinajstić information content (AvgIpc) is 3.48. The van der Waals surface area contributed by atoms with E-state index in [1.54, 1.807) is 4.90 Å². The fourth-order valence-electron chi connectivity index (χ4n) is 6.93. The molecule has 3 fully saturated rings. The smallest absolute Gasteiger partial charge is 0.287 e. The third-order valence-corrected chi connectivity index (χ3v) is 10.4. The molecule has 3 rings (SSSR count). The molecule has 0 aromatic heterocycles. The monoisotopic (exact) mass is 633 g/mol. The normalized spacial score (nSPS) is 24.5. The van der Waals surface area contributed by atoms with Crippen LogP contribution in [0.1, 0.15) is 113 Å². The van der Waals surface area contributed by atoms with Crippen LogP contribution in [0.15, 0.2) is 0 Å². The van der Waals surface area contributed by atoms with Gasteiger partial charge in [-0.3, -0.25) is 29.8 Å². The van der Waals surface area contributed by atoms with Crippen LogP contribution in [0.4, 0.5) is 0 Å². The highest BCUT2D eigenvalue weighted by Gasteiger charge is 2.49. The van der Waals surface area contributed by atoms with Gasteiger partial charge in [0.15, 0.2) is 0 Å². The number of carbonyl (C=O) groups excluding carboxylic acids is 5. The number of hydrogen-bond acceptors (Lipinski definition) is 8. The first-order valence-electron chi connectivity index (χ1n) is 16.9. The van der Waals surface area contributed by atoms with Gasteiger partial charge in [-0.1, -0.05) is 66.7 Å². The molecule has 0 aromatic rings. The predicted octanol–water partition coefficient (Wildman–Crippen LogP) is 2.84. The maximum Gasteiger partial charge on any atom is 0.287 e. The number of nitrogens with two attached hydrogens (primary N) is 1. The maximum absolute atomic E-state index is 14.5. The fourth-order valence-corrected chi connectivity index (χ4v) is 6.93. The lowest BCUT2D eigenvalue weighted by Gasteiger charge is -2.44. The van der Waals surface area contributed by atoms with E-state index in [9.17, 15) is 24.0 Å². The van der Waals surface area contributed by atoms with Crippen molar-refractivity contribution in [3.8, 4) is 0 Å². The summed E-state index contributed by atoms with van der Waals surface area (Å²) < 4.78 is 6.08. The third-order valence-electron chi connectivity index (χ3n) is 10.4. The van der Waals surface area contributed by atoms with Crippen LogP contribution < -0.4 is 21.7 Å². The van der Waals surface area contributed by atoms with Crippen LogP contribution in [0.2, 0.25) is 0 Å². The van der Waals surface area contributed by atoms with E-state index in [1.165, 1.54) is 0 Å². The van der Waals surface area contributed by atoms with Crippen molar-refractivity contribution in [2.45, 2.75) is 142 Å². The summed E-state index contributed by atoms with van der Waals surface area (Å²) in [6, 6.07) is -2.33. The number of nitrogens with one attached hydrogen (secondary N) is 3. The summed E-state index contributed by atoms with van der Waals surface area (Å²) in [7, 11) is 0. The number of hydrogen-bond donors (Lipinski definition) is 4. The van der Waals surface area contributed by atoms with E-state index in [0.29, 0.717) is 25.8 Å². The molecule has 11 heteroatoms. The van der Waals surface area contributed by atoms with Crippen molar-refractivity contribution in [2.75, 3.05) is 19.8 Å². The van der Waals surface area contributed by atoms with Crippen molar-refractivity contribution in [1.82, 2.24) is 20.9 Å². The van der Waals surface area contributed by atoms with Crippen molar-refractivity contribution in [3.05, 3.63) is 0 Å². The Kier molecular flexibility index (Phi) is 12.0. The van der Waals surface area contributed by atoms with Crippen LogP contribution in [0.25, 0.3) is 0 Å².